The molecule has 144 valence electrons. The zero-order valence-electron chi connectivity index (χ0n) is 16.7. The number of nitriles is 2. The van der Waals surface area contributed by atoms with Gasteiger partial charge in [-0.25, -0.2) is 0 Å². The molecule has 1 aromatic heterocycles. The lowest BCUT2D eigenvalue weighted by Crippen LogP contribution is -2.47. The van der Waals surface area contributed by atoms with Crippen LogP contribution in [0.2, 0.25) is 0 Å². The molecule has 4 rings (SSSR count). The van der Waals surface area contributed by atoms with Crippen molar-refractivity contribution in [2.45, 2.75) is 38.8 Å². The predicted molar refractivity (Wildman–Crippen MR) is 111 cm³/mol. The molecule has 0 bridgehead atoms. The second kappa shape index (κ2) is 6.57. The Balaban J connectivity index is 2.03. The first-order valence-corrected chi connectivity index (χ1v) is 9.67. The third kappa shape index (κ3) is 2.66. The molecule has 0 spiro atoms. The number of carbonyl (C=O) groups is 1. The molecule has 0 unspecified atom stereocenters. The molecule has 5 heteroatoms. The second-order valence-electron chi connectivity index (χ2n) is 8.68. The molecular weight excluding hydrogens is 360 g/mol. The Kier molecular flexibility index (Phi) is 4.28. The normalized spacial score (nSPS) is 24.2. The molecule has 0 aliphatic carbocycles. The Morgan fingerprint density at radius 3 is 2.38 bits per heavy atom. The summed E-state index contributed by atoms with van der Waals surface area (Å²) in [5.74, 6) is -0.574. The van der Waals surface area contributed by atoms with E-state index < -0.39 is 28.8 Å². The van der Waals surface area contributed by atoms with E-state index in [9.17, 15) is 15.3 Å². The molecule has 29 heavy (non-hydrogen) atoms. The summed E-state index contributed by atoms with van der Waals surface area (Å²) < 4.78 is 0. The molecule has 0 radical (unpaired) electrons. The number of pyridine rings is 1. The highest BCUT2D eigenvalue weighted by molar-refractivity contribution is 5.96. The van der Waals surface area contributed by atoms with Gasteiger partial charge in [0.05, 0.1) is 24.2 Å². The van der Waals surface area contributed by atoms with E-state index in [2.05, 4.69) is 17.1 Å². The predicted octanol–water partition coefficient (Wildman–Crippen LogP) is 4.10. The van der Waals surface area contributed by atoms with Crippen molar-refractivity contribution in [2.24, 2.45) is 10.8 Å². The van der Waals surface area contributed by atoms with Crippen molar-refractivity contribution in [2.75, 3.05) is 4.90 Å². The van der Waals surface area contributed by atoms with Crippen molar-refractivity contribution < 1.29 is 4.79 Å². The maximum absolute atomic E-state index is 13.7. The third-order valence-corrected chi connectivity index (χ3v) is 5.99. The lowest BCUT2D eigenvalue weighted by atomic mass is 9.68. The summed E-state index contributed by atoms with van der Waals surface area (Å²) in [5, 5.41) is 20.6. The van der Waals surface area contributed by atoms with E-state index in [1.54, 1.807) is 12.4 Å². The number of aromatic nitrogens is 1. The largest absolute Gasteiger partial charge is 0.351 e. The SMILES string of the molecule is CC(C)(C)C(=O)[C@H]1[C@@H](c2ccncc2)C(C#N)(C#N)[C@H]2C=Cc3ccccc3N12. The number of anilines is 1. The van der Waals surface area contributed by atoms with Crippen LogP contribution in [-0.4, -0.2) is 22.9 Å². The van der Waals surface area contributed by atoms with Gasteiger partial charge in [-0.05, 0) is 29.3 Å². The maximum atomic E-state index is 13.7. The van der Waals surface area contributed by atoms with Gasteiger partial charge >= 0.3 is 0 Å². The first kappa shape index (κ1) is 18.9. The lowest BCUT2D eigenvalue weighted by Gasteiger charge is -2.37. The number of Topliss-reactive ketones (excluding diaryl/α,β-unsaturated/α-hetero) is 1. The molecule has 5 nitrogen and oxygen atoms in total. The summed E-state index contributed by atoms with van der Waals surface area (Å²) in [6.45, 7) is 5.66. The van der Waals surface area contributed by atoms with Gasteiger partial charge in [0.25, 0.3) is 0 Å². The number of nitrogens with zero attached hydrogens (tertiary/aromatic N) is 4. The van der Waals surface area contributed by atoms with Crippen LogP contribution in [-0.2, 0) is 4.79 Å². The van der Waals surface area contributed by atoms with Crippen molar-refractivity contribution in [3.63, 3.8) is 0 Å². The second-order valence-corrected chi connectivity index (χ2v) is 8.68. The fourth-order valence-electron chi connectivity index (χ4n) is 4.62. The highest BCUT2D eigenvalue weighted by Crippen LogP contribution is 2.55. The minimum Gasteiger partial charge on any atom is -0.351 e. The van der Waals surface area contributed by atoms with Gasteiger partial charge in [0.2, 0.25) is 0 Å². The molecule has 0 saturated carbocycles. The minimum absolute atomic E-state index is 0.0155. The standard InChI is InChI=1S/C24H22N4O/c1-23(2,3)22(29)21-20(17-10-12-27-13-11-17)24(14-25,15-26)19-9-8-16-6-4-5-7-18(16)28(19)21/h4-13,19-21H,1-3H3/t19-,20-,21-/m1/s1. The quantitative estimate of drug-likeness (QED) is 0.781. The fraction of sp³-hybridized carbons (Fsp3) is 0.333. The van der Waals surface area contributed by atoms with Crippen molar-refractivity contribution in [3.8, 4) is 12.1 Å². The minimum atomic E-state index is -1.39. The van der Waals surface area contributed by atoms with Crippen LogP contribution in [0.3, 0.4) is 0 Å². The first-order valence-electron chi connectivity index (χ1n) is 9.67. The molecule has 1 aromatic carbocycles. The summed E-state index contributed by atoms with van der Waals surface area (Å²) >= 11 is 0. The average Bonchev–Trinajstić information content (AvgIpc) is 3.04. The van der Waals surface area contributed by atoms with Crippen LogP contribution in [0.15, 0.2) is 54.9 Å². The monoisotopic (exact) mass is 382 g/mol. The number of ketones is 1. The molecule has 1 saturated heterocycles. The summed E-state index contributed by atoms with van der Waals surface area (Å²) in [4.78, 5) is 19.8. The molecule has 2 aliphatic rings. The highest BCUT2D eigenvalue weighted by atomic mass is 16.1. The van der Waals surface area contributed by atoms with Crippen LogP contribution in [0.5, 0.6) is 0 Å². The van der Waals surface area contributed by atoms with Crippen LogP contribution in [0.25, 0.3) is 6.08 Å². The zero-order chi connectivity index (χ0) is 20.8. The Morgan fingerprint density at radius 1 is 1.10 bits per heavy atom. The van der Waals surface area contributed by atoms with Gasteiger partial charge < -0.3 is 4.90 Å². The van der Waals surface area contributed by atoms with E-state index in [0.717, 1.165) is 16.8 Å². The topological polar surface area (TPSA) is 80.8 Å². The van der Waals surface area contributed by atoms with Gasteiger partial charge in [-0.3, -0.25) is 9.78 Å². The Morgan fingerprint density at radius 2 is 1.76 bits per heavy atom. The smallest absolute Gasteiger partial charge is 0.176 e. The van der Waals surface area contributed by atoms with Gasteiger partial charge in [-0.1, -0.05) is 51.1 Å². The fourth-order valence-corrected chi connectivity index (χ4v) is 4.62. The molecule has 2 aromatic rings. The van der Waals surface area contributed by atoms with Crippen LogP contribution in [0, 0.1) is 33.5 Å². The van der Waals surface area contributed by atoms with Crippen LogP contribution >= 0.6 is 0 Å². The molecular formula is C24H22N4O. The Labute approximate surface area is 170 Å². The lowest BCUT2D eigenvalue weighted by molar-refractivity contribution is -0.127. The Hall–Kier alpha value is -3.44. The number of rotatable bonds is 2. The van der Waals surface area contributed by atoms with Gasteiger partial charge in [0.1, 0.15) is 0 Å². The van der Waals surface area contributed by atoms with E-state index in [1.807, 2.05) is 74.2 Å². The molecule has 2 aliphatic heterocycles. The average molecular weight is 382 g/mol. The number of benzene rings is 1. The Bertz CT molecular complexity index is 1050. The third-order valence-electron chi connectivity index (χ3n) is 5.99. The summed E-state index contributed by atoms with van der Waals surface area (Å²) in [7, 11) is 0. The van der Waals surface area contributed by atoms with E-state index >= 15 is 0 Å². The summed E-state index contributed by atoms with van der Waals surface area (Å²) in [6, 6.07) is 14.9. The van der Waals surface area contributed by atoms with Crippen LogP contribution < -0.4 is 4.90 Å². The highest BCUT2D eigenvalue weighted by Gasteiger charge is 2.64. The number of hydrogen-bond acceptors (Lipinski definition) is 5. The van der Waals surface area contributed by atoms with Crippen molar-refractivity contribution >= 4 is 17.5 Å². The number of para-hydroxylation sites is 1. The number of hydrogen-bond donors (Lipinski definition) is 0. The molecule has 0 amide bonds. The van der Waals surface area contributed by atoms with Crippen molar-refractivity contribution in [1.29, 1.82) is 10.5 Å². The van der Waals surface area contributed by atoms with Gasteiger partial charge in [0.15, 0.2) is 11.2 Å². The molecule has 3 heterocycles. The van der Waals surface area contributed by atoms with Gasteiger partial charge in [0, 0.05) is 29.4 Å². The maximum Gasteiger partial charge on any atom is 0.176 e. The van der Waals surface area contributed by atoms with E-state index in [0.29, 0.717) is 0 Å². The van der Waals surface area contributed by atoms with Crippen molar-refractivity contribution in [1.82, 2.24) is 4.98 Å². The molecule has 3 atom stereocenters. The van der Waals surface area contributed by atoms with Crippen LogP contribution in [0.4, 0.5) is 5.69 Å². The van der Waals surface area contributed by atoms with Gasteiger partial charge in [-0.2, -0.15) is 10.5 Å². The molecule has 1 fully saturated rings. The van der Waals surface area contributed by atoms with Gasteiger partial charge in [-0.15, -0.1) is 0 Å². The van der Waals surface area contributed by atoms with Crippen LogP contribution in [0.1, 0.15) is 37.8 Å². The van der Waals surface area contributed by atoms with E-state index in [1.165, 1.54) is 0 Å². The van der Waals surface area contributed by atoms with E-state index in [-0.39, 0.29) is 5.78 Å². The molecule has 0 N–H and O–H groups in total. The first-order chi connectivity index (χ1) is 13.8. The number of fused-ring (bicyclic) bond motifs is 3. The van der Waals surface area contributed by atoms with E-state index in [4.69, 9.17) is 0 Å². The van der Waals surface area contributed by atoms with Crippen molar-refractivity contribution in [3.05, 3.63) is 66.0 Å². The summed E-state index contributed by atoms with van der Waals surface area (Å²) in [5.41, 5.74) is 0.629. The summed E-state index contributed by atoms with van der Waals surface area (Å²) in [6.07, 6.45) is 7.15. The number of carbonyl (C=O) groups excluding carboxylic acids is 1. The zero-order valence-corrected chi connectivity index (χ0v) is 16.7.